The van der Waals surface area contributed by atoms with Gasteiger partial charge in [-0.3, -0.25) is 19.2 Å². The Balaban J connectivity index is 1.75. The van der Waals surface area contributed by atoms with Crippen LogP contribution in [0.5, 0.6) is 11.5 Å². The number of rotatable bonds is 0. The number of halogens is 1. The number of amides is 3. The van der Waals surface area contributed by atoms with Crippen LogP contribution in [0.2, 0.25) is 0 Å². The summed E-state index contributed by atoms with van der Waals surface area (Å²) >= 11 is 0. The number of benzene rings is 1. The number of aromatic nitrogens is 1. The van der Waals surface area contributed by atoms with Gasteiger partial charge in [-0.1, -0.05) is 18.2 Å². The molecule has 0 atom stereocenters. The first-order chi connectivity index (χ1) is 16.8. The van der Waals surface area contributed by atoms with Crippen LogP contribution in [0, 0.1) is 5.82 Å². The lowest BCUT2D eigenvalue weighted by molar-refractivity contribution is -0.120. The summed E-state index contributed by atoms with van der Waals surface area (Å²) in [5, 5.41) is 14.3. The van der Waals surface area contributed by atoms with Crippen molar-refractivity contribution in [2.45, 2.75) is 32.2 Å². The van der Waals surface area contributed by atoms with E-state index in [1.165, 1.54) is 35.2 Å². The smallest absolute Gasteiger partial charge is 0.277 e. The molecular formula is C24H25FN4O6. The number of pyridine rings is 1. The van der Waals surface area contributed by atoms with E-state index in [4.69, 9.17) is 4.74 Å². The van der Waals surface area contributed by atoms with Crippen LogP contribution in [0.3, 0.4) is 0 Å². The zero-order valence-corrected chi connectivity index (χ0v) is 19.1. The number of nitrogens with zero attached hydrogens (tertiary/aromatic N) is 3. The van der Waals surface area contributed by atoms with Gasteiger partial charge in [-0.15, -0.1) is 0 Å². The first kappa shape index (κ1) is 24.0. The number of hydrogen-bond donors (Lipinski definition) is 2. The zero-order valence-electron chi connectivity index (χ0n) is 19.1. The largest absolute Gasteiger partial charge is 0.502 e. The van der Waals surface area contributed by atoms with E-state index in [2.05, 4.69) is 5.32 Å². The van der Waals surface area contributed by atoms with Gasteiger partial charge < -0.3 is 20.1 Å². The Morgan fingerprint density at radius 1 is 1.11 bits per heavy atom. The second kappa shape index (κ2) is 10.00. The average Bonchev–Trinajstić information content (AvgIpc) is 2.83. The molecule has 2 aliphatic heterocycles. The second-order valence-corrected chi connectivity index (χ2v) is 8.29. The Morgan fingerprint density at radius 2 is 1.89 bits per heavy atom. The van der Waals surface area contributed by atoms with Crippen molar-refractivity contribution in [1.29, 1.82) is 0 Å². The second-order valence-electron chi connectivity index (χ2n) is 8.29. The van der Waals surface area contributed by atoms with Crippen LogP contribution in [-0.4, -0.2) is 52.7 Å². The summed E-state index contributed by atoms with van der Waals surface area (Å²) < 4.78 is 20.5. The molecule has 0 saturated heterocycles. The minimum Gasteiger partial charge on any atom is -0.502 e. The lowest BCUT2D eigenvalue weighted by Gasteiger charge is -2.36. The molecule has 2 bridgehead atoms. The van der Waals surface area contributed by atoms with Gasteiger partial charge in [0.1, 0.15) is 23.8 Å². The van der Waals surface area contributed by atoms with Gasteiger partial charge in [0.25, 0.3) is 11.8 Å². The first-order valence-electron chi connectivity index (χ1n) is 11.2. The standard InChI is InChI=1S/C24H25FN4O6/c1-27-14-29-19(30)7-5-3-2-4-6-10-35-18-11-16(25)9-8-15(18)12-26-23(33)17-13-28(29)20(24(27)34)22(32)21(17)31/h2,4,8-9,11,13,32H,3,5-7,10,12,14H2,1H3,(H,26,33)/b4-2-. The Labute approximate surface area is 200 Å². The van der Waals surface area contributed by atoms with Crippen molar-refractivity contribution in [2.24, 2.45) is 0 Å². The number of carbonyl (C=O) groups is 3. The summed E-state index contributed by atoms with van der Waals surface area (Å²) in [7, 11) is 1.44. The van der Waals surface area contributed by atoms with Crippen LogP contribution in [0.15, 0.2) is 41.3 Å². The number of allylic oxidation sites excluding steroid dienone is 1. The minimum atomic E-state index is -1.04. The molecule has 0 aliphatic carbocycles. The summed E-state index contributed by atoms with van der Waals surface area (Å²) in [5.74, 6) is -2.99. The Bertz CT molecular complexity index is 1270. The van der Waals surface area contributed by atoms with Gasteiger partial charge in [0.2, 0.25) is 11.3 Å². The summed E-state index contributed by atoms with van der Waals surface area (Å²) in [6.45, 7) is 0.0880. The maximum Gasteiger partial charge on any atom is 0.277 e. The van der Waals surface area contributed by atoms with Crippen molar-refractivity contribution in [3.8, 4) is 11.5 Å². The van der Waals surface area contributed by atoms with E-state index in [1.807, 2.05) is 12.2 Å². The molecule has 0 saturated carbocycles. The molecule has 0 fully saturated rings. The van der Waals surface area contributed by atoms with Crippen LogP contribution in [0.25, 0.3) is 0 Å². The third kappa shape index (κ3) is 4.88. The highest BCUT2D eigenvalue weighted by molar-refractivity contribution is 6.01. The topological polar surface area (TPSA) is 121 Å². The number of carbonyl (C=O) groups excluding carboxylic acids is 3. The van der Waals surface area contributed by atoms with Gasteiger partial charge in [-0.05, 0) is 25.3 Å². The van der Waals surface area contributed by atoms with Gasteiger partial charge in [-0.2, -0.15) is 0 Å². The Morgan fingerprint density at radius 3 is 2.69 bits per heavy atom. The minimum absolute atomic E-state index is 0.0868. The molecule has 10 nitrogen and oxygen atoms in total. The highest BCUT2D eigenvalue weighted by atomic mass is 19.1. The highest BCUT2D eigenvalue weighted by Crippen LogP contribution is 2.23. The van der Waals surface area contributed by atoms with Crippen molar-refractivity contribution in [3.63, 3.8) is 0 Å². The fourth-order valence-corrected chi connectivity index (χ4v) is 3.91. The molecule has 184 valence electrons. The molecule has 2 aliphatic rings. The zero-order chi connectivity index (χ0) is 25.1. The van der Waals surface area contributed by atoms with Crippen molar-refractivity contribution in [2.75, 3.05) is 25.3 Å². The van der Waals surface area contributed by atoms with Crippen molar-refractivity contribution < 1.29 is 28.6 Å². The summed E-state index contributed by atoms with van der Waals surface area (Å²) in [5.41, 5.74) is -1.40. The lowest BCUT2D eigenvalue weighted by Crippen LogP contribution is -2.55. The number of aromatic hydroxyl groups is 1. The summed E-state index contributed by atoms with van der Waals surface area (Å²) in [6.07, 6.45) is 6.77. The Hall–Kier alpha value is -4.15. The van der Waals surface area contributed by atoms with E-state index in [0.717, 1.165) is 10.9 Å². The van der Waals surface area contributed by atoms with E-state index in [1.54, 1.807) is 0 Å². The molecule has 11 heteroatoms. The van der Waals surface area contributed by atoms with Crippen molar-refractivity contribution >= 4 is 17.7 Å². The van der Waals surface area contributed by atoms with Gasteiger partial charge in [0.15, 0.2) is 11.4 Å². The maximum absolute atomic E-state index is 13.8. The molecule has 3 amide bonds. The Kier molecular flexibility index (Phi) is 6.85. The van der Waals surface area contributed by atoms with E-state index < -0.39 is 40.1 Å². The molecule has 4 rings (SSSR count). The third-order valence-electron chi connectivity index (χ3n) is 5.79. The van der Waals surface area contributed by atoms with Gasteiger partial charge in [-0.25, -0.2) is 14.1 Å². The van der Waals surface area contributed by atoms with E-state index >= 15 is 0 Å². The lowest BCUT2D eigenvalue weighted by atomic mass is 10.1. The number of ether oxygens (including phenoxy) is 1. The van der Waals surface area contributed by atoms with Crippen LogP contribution >= 0.6 is 0 Å². The number of hydrogen-bond acceptors (Lipinski definition) is 6. The summed E-state index contributed by atoms with van der Waals surface area (Å²) in [4.78, 5) is 52.5. The van der Waals surface area contributed by atoms with E-state index in [9.17, 15) is 28.7 Å². The molecule has 0 unspecified atom stereocenters. The fourth-order valence-electron chi connectivity index (χ4n) is 3.91. The van der Waals surface area contributed by atoms with Gasteiger partial charge in [0.05, 0.1) is 6.61 Å². The molecule has 2 N–H and O–H groups in total. The maximum atomic E-state index is 13.8. The van der Waals surface area contributed by atoms with Crippen molar-refractivity contribution in [1.82, 2.24) is 14.9 Å². The van der Waals surface area contributed by atoms with Gasteiger partial charge in [0, 0.05) is 37.8 Å². The molecule has 2 aromatic rings. The molecular weight excluding hydrogens is 459 g/mol. The molecule has 3 heterocycles. The molecule has 0 radical (unpaired) electrons. The van der Waals surface area contributed by atoms with E-state index in [0.29, 0.717) is 24.8 Å². The third-order valence-corrected chi connectivity index (χ3v) is 5.79. The monoisotopic (exact) mass is 484 g/mol. The molecule has 35 heavy (non-hydrogen) atoms. The van der Waals surface area contributed by atoms with Crippen LogP contribution in [-0.2, 0) is 11.3 Å². The molecule has 1 aromatic carbocycles. The van der Waals surface area contributed by atoms with Crippen LogP contribution in [0.4, 0.5) is 4.39 Å². The van der Waals surface area contributed by atoms with E-state index in [-0.39, 0.29) is 37.9 Å². The number of nitrogens with one attached hydrogen (secondary N) is 1. The first-order valence-corrected chi connectivity index (χ1v) is 11.2. The molecule has 0 spiro atoms. The predicted octanol–water partition coefficient (Wildman–Crippen LogP) is 1.64. The molecule has 1 aromatic heterocycles. The normalized spacial score (nSPS) is 18.2. The van der Waals surface area contributed by atoms with Crippen LogP contribution in [0.1, 0.15) is 52.1 Å². The van der Waals surface area contributed by atoms with Gasteiger partial charge >= 0.3 is 0 Å². The highest BCUT2D eigenvalue weighted by Gasteiger charge is 2.35. The predicted molar refractivity (Wildman–Crippen MR) is 123 cm³/mol. The SMILES string of the molecule is CN1CN2C(=O)CCC/C=C\CCOc3cc(F)ccc3CNC(=O)c3cn2c(c(O)c3=O)C1=O. The quantitative estimate of drug-likeness (QED) is 0.549. The van der Waals surface area contributed by atoms with Crippen molar-refractivity contribution in [3.05, 3.63) is 69.4 Å². The number of fused-ring (bicyclic) bond motifs is 2. The van der Waals surface area contributed by atoms with Crippen LogP contribution < -0.4 is 20.5 Å². The fraction of sp³-hybridized carbons (Fsp3) is 0.333. The average molecular weight is 484 g/mol. The summed E-state index contributed by atoms with van der Waals surface area (Å²) in [6, 6.07) is 3.91.